The van der Waals surface area contributed by atoms with Crippen LogP contribution in [0.5, 0.6) is 23.0 Å². The summed E-state index contributed by atoms with van der Waals surface area (Å²) in [6.45, 7) is 8.53. The van der Waals surface area contributed by atoms with Crippen LogP contribution in [0.25, 0.3) is 0 Å². The lowest BCUT2D eigenvalue weighted by Crippen LogP contribution is -2.61. The fourth-order valence-corrected chi connectivity index (χ4v) is 4.04. The highest BCUT2D eigenvalue weighted by atomic mass is 16.6. The monoisotopic (exact) mass is 326 g/mol. The molecule has 2 N–H and O–H groups in total. The quantitative estimate of drug-likeness (QED) is 0.771. The summed E-state index contributed by atoms with van der Waals surface area (Å²) in [6.07, 6.45) is -0.391. The van der Waals surface area contributed by atoms with Crippen molar-refractivity contribution >= 4 is 0 Å². The molecule has 0 bridgehead atoms. The van der Waals surface area contributed by atoms with Crippen molar-refractivity contribution in [2.24, 2.45) is 0 Å². The smallest absolute Gasteiger partial charge is 0.145 e. The van der Waals surface area contributed by atoms with Crippen LogP contribution in [0.3, 0.4) is 0 Å². The molecule has 0 amide bonds. The first-order valence-electron chi connectivity index (χ1n) is 8.21. The molecule has 0 aromatic heterocycles. The van der Waals surface area contributed by atoms with Gasteiger partial charge in [-0.25, -0.2) is 0 Å². The average Bonchev–Trinajstić information content (AvgIpc) is 2.48. The molecule has 4 rings (SSSR count). The van der Waals surface area contributed by atoms with E-state index in [-0.39, 0.29) is 34.5 Å². The van der Waals surface area contributed by atoms with Crippen LogP contribution in [0.4, 0.5) is 0 Å². The second-order valence-electron chi connectivity index (χ2n) is 7.88. The van der Waals surface area contributed by atoms with E-state index in [1.807, 2.05) is 12.1 Å². The number of aromatic hydroxyl groups is 2. The number of rotatable bonds is 0. The third-order valence-electron chi connectivity index (χ3n) is 5.52. The fraction of sp³-hybridized carbons (Fsp3) is 0.400. The Kier molecular flexibility index (Phi) is 2.91. The first-order chi connectivity index (χ1) is 11.2. The SMILES string of the molecule is CC1(C)c2ccc(O)cc2OC2C1Oc1cc(O)ccc1C2(C)C. The Bertz CT molecular complexity index is 753. The van der Waals surface area contributed by atoms with Crippen LogP contribution in [0.1, 0.15) is 38.8 Å². The van der Waals surface area contributed by atoms with Gasteiger partial charge >= 0.3 is 0 Å². The van der Waals surface area contributed by atoms with Crippen LogP contribution < -0.4 is 9.47 Å². The van der Waals surface area contributed by atoms with Crippen LogP contribution in [0.2, 0.25) is 0 Å². The summed E-state index contributed by atoms with van der Waals surface area (Å²) < 4.78 is 12.6. The summed E-state index contributed by atoms with van der Waals surface area (Å²) in [4.78, 5) is 0. The largest absolute Gasteiger partial charge is 0.508 e. The van der Waals surface area contributed by atoms with Crippen molar-refractivity contribution in [1.29, 1.82) is 0 Å². The third kappa shape index (κ3) is 1.92. The standard InChI is InChI=1S/C20H22O4/c1-19(2)13-7-5-11(21)9-15(13)24-18-17(19)23-16-10-12(22)6-8-14(16)20(18,3)4/h5-10,17-18,21-22H,1-4H3. The zero-order valence-electron chi connectivity index (χ0n) is 14.3. The summed E-state index contributed by atoms with van der Waals surface area (Å²) in [6, 6.07) is 10.5. The highest BCUT2D eigenvalue weighted by molar-refractivity contribution is 5.52. The molecule has 0 radical (unpaired) electrons. The number of phenols is 2. The Hall–Kier alpha value is -2.36. The lowest BCUT2D eigenvalue weighted by Gasteiger charge is -2.53. The average molecular weight is 326 g/mol. The topological polar surface area (TPSA) is 58.9 Å². The van der Waals surface area contributed by atoms with Gasteiger partial charge in [-0.2, -0.15) is 0 Å². The van der Waals surface area contributed by atoms with Crippen LogP contribution in [-0.4, -0.2) is 22.4 Å². The van der Waals surface area contributed by atoms with Crippen LogP contribution >= 0.6 is 0 Å². The van der Waals surface area contributed by atoms with Crippen molar-refractivity contribution in [3.8, 4) is 23.0 Å². The van der Waals surface area contributed by atoms with Crippen molar-refractivity contribution in [2.45, 2.75) is 50.7 Å². The molecule has 0 spiro atoms. The van der Waals surface area contributed by atoms with E-state index in [0.717, 1.165) is 11.1 Å². The van der Waals surface area contributed by atoms with Gasteiger partial charge in [0.1, 0.15) is 35.2 Å². The van der Waals surface area contributed by atoms with Gasteiger partial charge < -0.3 is 19.7 Å². The molecule has 0 fully saturated rings. The molecule has 0 saturated carbocycles. The van der Waals surface area contributed by atoms with E-state index < -0.39 is 0 Å². The minimum atomic E-state index is -0.299. The normalized spacial score (nSPS) is 25.5. The molecule has 2 aromatic carbocycles. The number of benzene rings is 2. The minimum Gasteiger partial charge on any atom is -0.508 e. The fourth-order valence-electron chi connectivity index (χ4n) is 4.04. The summed E-state index contributed by atoms with van der Waals surface area (Å²) in [5, 5.41) is 19.7. The van der Waals surface area contributed by atoms with Gasteiger partial charge in [0.05, 0.1) is 0 Å². The van der Waals surface area contributed by atoms with Crippen molar-refractivity contribution in [3.05, 3.63) is 47.5 Å². The molecule has 2 aliphatic heterocycles. The Balaban J connectivity index is 1.90. The highest BCUT2D eigenvalue weighted by Crippen LogP contribution is 2.52. The summed E-state index contributed by atoms with van der Waals surface area (Å²) in [5.41, 5.74) is 1.43. The van der Waals surface area contributed by atoms with E-state index in [1.165, 1.54) is 0 Å². The third-order valence-corrected chi connectivity index (χ3v) is 5.52. The maximum absolute atomic E-state index is 9.83. The number of fused-ring (bicyclic) bond motifs is 3. The molecule has 4 heteroatoms. The Labute approximate surface area is 141 Å². The van der Waals surface area contributed by atoms with Gasteiger partial charge in [-0.05, 0) is 12.1 Å². The lowest BCUT2D eigenvalue weighted by atomic mass is 9.65. The highest BCUT2D eigenvalue weighted by Gasteiger charge is 2.55. The molecule has 2 unspecified atom stereocenters. The Morgan fingerprint density at radius 1 is 0.708 bits per heavy atom. The van der Waals surface area contributed by atoms with E-state index in [1.54, 1.807) is 24.3 Å². The van der Waals surface area contributed by atoms with Gasteiger partial charge in [0.15, 0.2) is 0 Å². The van der Waals surface area contributed by atoms with E-state index in [0.29, 0.717) is 11.5 Å². The molecule has 126 valence electrons. The Morgan fingerprint density at radius 3 is 1.46 bits per heavy atom. The number of hydrogen-bond acceptors (Lipinski definition) is 4. The molecule has 0 saturated heterocycles. The molecule has 0 aliphatic carbocycles. The van der Waals surface area contributed by atoms with Crippen molar-refractivity contribution in [3.63, 3.8) is 0 Å². The predicted molar refractivity (Wildman–Crippen MR) is 91.1 cm³/mol. The molecule has 2 atom stereocenters. The molecular formula is C20H22O4. The first kappa shape index (κ1) is 15.2. The molecule has 2 aliphatic rings. The zero-order valence-corrected chi connectivity index (χ0v) is 14.3. The van der Waals surface area contributed by atoms with Gasteiger partial charge in [0.2, 0.25) is 0 Å². The van der Waals surface area contributed by atoms with E-state index in [4.69, 9.17) is 9.47 Å². The number of phenolic OH excluding ortho intramolecular Hbond substituents is 2. The second kappa shape index (κ2) is 4.59. The minimum absolute atomic E-state index is 0.196. The Morgan fingerprint density at radius 2 is 1.08 bits per heavy atom. The van der Waals surface area contributed by atoms with E-state index in [2.05, 4.69) is 27.7 Å². The molecule has 24 heavy (non-hydrogen) atoms. The van der Waals surface area contributed by atoms with Crippen LogP contribution in [-0.2, 0) is 10.8 Å². The summed E-state index contributed by atoms with van der Waals surface area (Å²) >= 11 is 0. The van der Waals surface area contributed by atoms with Gasteiger partial charge in [0.25, 0.3) is 0 Å². The van der Waals surface area contributed by atoms with Gasteiger partial charge in [-0.3, -0.25) is 0 Å². The molecule has 2 aromatic rings. The lowest BCUT2D eigenvalue weighted by molar-refractivity contribution is -0.0601. The van der Waals surface area contributed by atoms with E-state index in [9.17, 15) is 10.2 Å². The number of ether oxygens (including phenoxy) is 2. The van der Waals surface area contributed by atoms with Crippen molar-refractivity contribution in [2.75, 3.05) is 0 Å². The predicted octanol–water partition coefficient (Wildman–Crippen LogP) is 3.88. The summed E-state index contributed by atoms with van der Waals surface area (Å²) in [5.74, 6) is 1.81. The maximum atomic E-state index is 9.83. The van der Waals surface area contributed by atoms with Gasteiger partial charge in [0, 0.05) is 34.1 Å². The van der Waals surface area contributed by atoms with Gasteiger partial charge in [-0.1, -0.05) is 39.8 Å². The molecule has 4 nitrogen and oxygen atoms in total. The first-order valence-corrected chi connectivity index (χ1v) is 8.21. The number of hydrogen-bond donors (Lipinski definition) is 2. The molecular weight excluding hydrogens is 304 g/mol. The van der Waals surface area contributed by atoms with E-state index >= 15 is 0 Å². The zero-order chi connectivity index (χ0) is 17.3. The summed E-state index contributed by atoms with van der Waals surface area (Å²) in [7, 11) is 0. The maximum Gasteiger partial charge on any atom is 0.145 e. The second-order valence-corrected chi connectivity index (χ2v) is 7.88. The van der Waals surface area contributed by atoms with Crippen molar-refractivity contribution in [1.82, 2.24) is 0 Å². The van der Waals surface area contributed by atoms with Crippen LogP contribution in [0, 0.1) is 0 Å². The van der Waals surface area contributed by atoms with Gasteiger partial charge in [-0.15, -0.1) is 0 Å². The van der Waals surface area contributed by atoms with Crippen molar-refractivity contribution < 1.29 is 19.7 Å². The molecule has 2 heterocycles. The van der Waals surface area contributed by atoms with Crippen LogP contribution in [0.15, 0.2) is 36.4 Å².